The fourth-order valence-electron chi connectivity index (χ4n) is 2.57. The highest BCUT2D eigenvalue weighted by atomic mass is 16.1. The average molecular weight is 304 g/mol. The van der Waals surface area contributed by atoms with Crippen molar-refractivity contribution < 1.29 is 4.79 Å². The first-order valence-corrected chi connectivity index (χ1v) is 7.35. The van der Waals surface area contributed by atoms with Crippen molar-refractivity contribution in [3.05, 3.63) is 59.9 Å². The topological polar surface area (TPSA) is 70.7 Å². The number of rotatable bonds is 4. The van der Waals surface area contributed by atoms with E-state index < -0.39 is 0 Å². The molecular formula is C18H16N4O. The molecule has 0 atom stereocenters. The van der Waals surface area contributed by atoms with Gasteiger partial charge in [0.2, 0.25) is 5.91 Å². The maximum Gasteiger partial charge on any atom is 0.238 e. The minimum Gasteiger partial charge on any atom is -0.325 e. The number of nitrogens with zero attached hydrogens (tertiary/aromatic N) is 3. The molecule has 0 aliphatic rings. The lowest BCUT2D eigenvalue weighted by Crippen LogP contribution is -2.09. The zero-order valence-corrected chi connectivity index (χ0v) is 12.8. The van der Waals surface area contributed by atoms with Crippen LogP contribution in [0.2, 0.25) is 0 Å². The van der Waals surface area contributed by atoms with E-state index in [1.54, 1.807) is 0 Å². The normalized spacial score (nSPS) is 10.4. The van der Waals surface area contributed by atoms with Gasteiger partial charge in [-0.25, -0.2) is 4.98 Å². The first-order valence-electron chi connectivity index (χ1n) is 7.35. The van der Waals surface area contributed by atoms with Gasteiger partial charge in [0.05, 0.1) is 17.1 Å². The number of aromatic nitrogens is 2. The van der Waals surface area contributed by atoms with E-state index >= 15 is 0 Å². The third-order valence-corrected chi connectivity index (χ3v) is 3.65. The van der Waals surface area contributed by atoms with Crippen LogP contribution in [0.3, 0.4) is 0 Å². The Balaban J connectivity index is 1.91. The number of amides is 1. The smallest absolute Gasteiger partial charge is 0.238 e. The van der Waals surface area contributed by atoms with Crippen molar-refractivity contribution in [2.24, 2.45) is 0 Å². The summed E-state index contributed by atoms with van der Waals surface area (Å²) in [5.74, 6) is 0.608. The molecule has 0 spiro atoms. The van der Waals surface area contributed by atoms with Gasteiger partial charge in [-0.2, -0.15) is 5.26 Å². The Hall–Kier alpha value is -3.13. The van der Waals surface area contributed by atoms with Gasteiger partial charge in [-0.1, -0.05) is 30.3 Å². The van der Waals surface area contributed by atoms with Crippen molar-refractivity contribution in [1.29, 1.82) is 5.26 Å². The number of carbonyl (C=O) groups excluding carboxylic acids is 1. The summed E-state index contributed by atoms with van der Waals surface area (Å²) in [5, 5.41) is 11.2. The first kappa shape index (κ1) is 14.8. The quantitative estimate of drug-likeness (QED) is 0.804. The summed E-state index contributed by atoms with van der Waals surface area (Å²) < 4.78 is 2.14. The second-order valence-electron chi connectivity index (χ2n) is 5.32. The fraction of sp³-hybridized carbons (Fsp3) is 0.167. The van der Waals surface area contributed by atoms with Crippen LogP contribution in [0.25, 0.3) is 11.0 Å². The Bertz CT molecular complexity index is 891. The summed E-state index contributed by atoms with van der Waals surface area (Å²) in [4.78, 5) is 16.1. The van der Waals surface area contributed by atoms with Gasteiger partial charge in [-0.15, -0.1) is 0 Å². The van der Waals surface area contributed by atoms with Gasteiger partial charge in [0.1, 0.15) is 12.2 Å². The van der Waals surface area contributed by atoms with Crippen molar-refractivity contribution in [2.75, 3.05) is 5.32 Å². The highest BCUT2D eigenvalue weighted by Gasteiger charge is 2.09. The lowest BCUT2D eigenvalue weighted by molar-refractivity contribution is -0.115. The minimum absolute atomic E-state index is 0.153. The van der Waals surface area contributed by atoms with E-state index in [2.05, 4.69) is 27.0 Å². The van der Waals surface area contributed by atoms with Gasteiger partial charge in [-0.3, -0.25) is 4.79 Å². The zero-order valence-electron chi connectivity index (χ0n) is 12.8. The third-order valence-electron chi connectivity index (χ3n) is 3.65. The molecule has 0 unspecified atom stereocenters. The van der Waals surface area contributed by atoms with E-state index in [0.717, 1.165) is 23.4 Å². The number of nitriles is 1. The molecule has 0 aliphatic carbocycles. The molecule has 0 fully saturated rings. The number of nitrogens with one attached hydrogen (secondary N) is 1. The maximum absolute atomic E-state index is 11.5. The van der Waals surface area contributed by atoms with E-state index in [-0.39, 0.29) is 12.3 Å². The maximum atomic E-state index is 11.5. The van der Waals surface area contributed by atoms with Crippen molar-refractivity contribution in [1.82, 2.24) is 9.55 Å². The molecule has 114 valence electrons. The largest absolute Gasteiger partial charge is 0.325 e. The van der Waals surface area contributed by atoms with Crippen LogP contribution in [0.15, 0.2) is 48.5 Å². The summed E-state index contributed by atoms with van der Waals surface area (Å²) in [6, 6.07) is 17.7. The summed E-state index contributed by atoms with van der Waals surface area (Å²) in [6.45, 7) is 2.72. The Labute approximate surface area is 134 Å². The van der Waals surface area contributed by atoms with Crippen molar-refractivity contribution >= 4 is 22.6 Å². The standard InChI is InChI=1S/C18H16N4O/c1-13-20-16-11-15(21-18(23)9-10-19)7-8-17(16)22(13)12-14-5-3-2-4-6-14/h2-8,11H,9,12H2,1H3,(H,21,23). The van der Waals surface area contributed by atoms with Crippen LogP contribution >= 0.6 is 0 Å². The van der Waals surface area contributed by atoms with Crippen molar-refractivity contribution in [3.63, 3.8) is 0 Å². The molecule has 1 heterocycles. The predicted octanol–water partition coefficient (Wildman–Crippen LogP) is 3.25. The molecule has 5 nitrogen and oxygen atoms in total. The van der Waals surface area contributed by atoms with Gasteiger partial charge < -0.3 is 9.88 Å². The molecule has 1 aromatic heterocycles. The third kappa shape index (κ3) is 3.22. The summed E-state index contributed by atoms with van der Waals surface area (Å²) >= 11 is 0. The Morgan fingerprint density at radius 2 is 2.04 bits per heavy atom. The number of hydrogen-bond donors (Lipinski definition) is 1. The van der Waals surface area contributed by atoms with Gasteiger partial charge in [0.25, 0.3) is 0 Å². The highest BCUT2D eigenvalue weighted by Crippen LogP contribution is 2.21. The highest BCUT2D eigenvalue weighted by molar-refractivity contribution is 5.94. The Morgan fingerprint density at radius 3 is 2.78 bits per heavy atom. The van der Waals surface area contributed by atoms with Crippen LogP contribution in [-0.4, -0.2) is 15.5 Å². The van der Waals surface area contributed by atoms with Gasteiger partial charge in [0, 0.05) is 12.2 Å². The molecular weight excluding hydrogens is 288 g/mol. The number of carbonyl (C=O) groups is 1. The van der Waals surface area contributed by atoms with Gasteiger partial charge in [-0.05, 0) is 30.7 Å². The number of imidazole rings is 1. The molecule has 1 amide bonds. The lowest BCUT2D eigenvalue weighted by Gasteiger charge is -2.07. The minimum atomic E-state index is -0.313. The van der Waals surface area contributed by atoms with E-state index in [4.69, 9.17) is 5.26 Å². The fourth-order valence-corrected chi connectivity index (χ4v) is 2.57. The average Bonchev–Trinajstić information content (AvgIpc) is 2.84. The van der Waals surface area contributed by atoms with Crippen molar-refractivity contribution in [2.45, 2.75) is 19.9 Å². The molecule has 0 saturated heterocycles. The summed E-state index contributed by atoms with van der Waals surface area (Å²) in [7, 11) is 0. The van der Waals surface area contributed by atoms with Crippen LogP contribution in [0.4, 0.5) is 5.69 Å². The molecule has 3 aromatic rings. The van der Waals surface area contributed by atoms with Crippen LogP contribution in [0.1, 0.15) is 17.8 Å². The summed E-state index contributed by atoms with van der Waals surface area (Å²) in [6.07, 6.45) is -0.153. The molecule has 5 heteroatoms. The number of hydrogen-bond acceptors (Lipinski definition) is 3. The van der Waals surface area contributed by atoms with E-state index in [1.807, 2.05) is 49.4 Å². The van der Waals surface area contributed by atoms with E-state index in [1.165, 1.54) is 5.56 Å². The van der Waals surface area contributed by atoms with Crippen LogP contribution < -0.4 is 5.32 Å². The SMILES string of the molecule is Cc1nc2cc(NC(=O)CC#N)ccc2n1Cc1ccccc1. The monoisotopic (exact) mass is 304 g/mol. The lowest BCUT2D eigenvalue weighted by atomic mass is 10.2. The van der Waals surface area contributed by atoms with Crippen LogP contribution in [-0.2, 0) is 11.3 Å². The number of fused-ring (bicyclic) bond motifs is 1. The van der Waals surface area contributed by atoms with Gasteiger partial charge in [0.15, 0.2) is 0 Å². The molecule has 2 aromatic carbocycles. The van der Waals surface area contributed by atoms with Crippen LogP contribution in [0, 0.1) is 18.3 Å². The van der Waals surface area contributed by atoms with Crippen molar-refractivity contribution in [3.8, 4) is 6.07 Å². The Morgan fingerprint density at radius 1 is 1.26 bits per heavy atom. The second-order valence-corrected chi connectivity index (χ2v) is 5.32. The predicted molar refractivity (Wildman–Crippen MR) is 88.9 cm³/mol. The number of anilines is 1. The van der Waals surface area contributed by atoms with E-state index in [9.17, 15) is 4.79 Å². The second kappa shape index (κ2) is 6.32. The summed E-state index contributed by atoms with van der Waals surface area (Å²) in [5.41, 5.74) is 3.71. The molecule has 0 radical (unpaired) electrons. The number of aryl methyl sites for hydroxylation is 1. The van der Waals surface area contributed by atoms with Crippen LogP contribution in [0.5, 0.6) is 0 Å². The first-order chi connectivity index (χ1) is 11.2. The molecule has 0 aliphatic heterocycles. The number of benzene rings is 2. The molecule has 0 bridgehead atoms. The molecule has 3 rings (SSSR count). The zero-order chi connectivity index (χ0) is 16.2. The van der Waals surface area contributed by atoms with Gasteiger partial charge >= 0.3 is 0 Å². The Kier molecular flexibility index (Phi) is 4.07. The molecule has 23 heavy (non-hydrogen) atoms. The van der Waals surface area contributed by atoms with E-state index in [0.29, 0.717) is 5.69 Å². The molecule has 1 N–H and O–H groups in total. The molecule has 0 saturated carbocycles.